The van der Waals surface area contributed by atoms with Gasteiger partial charge in [0.2, 0.25) is 0 Å². The van der Waals surface area contributed by atoms with Crippen molar-refractivity contribution in [1.82, 2.24) is 5.32 Å². The fourth-order valence-corrected chi connectivity index (χ4v) is 2.66. The van der Waals surface area contributed by atoms with Crippen molar-refractivity contribution in [3.63, 3.8) is 0 Å². The van der Waals surface area contributed by atoms with Crippen LogP contribution >= 0.6 is 43.5 Å². The number of halogens is 3. The highest BCUT2D eigenvalue weighted by molar-refractivity contribution is 9.11. The standard InChI is InChI=1S/C13H16Br2ClNO/c1-8(2)5-10(7-16)17-13(18)11-6-9(14)3-4-12(11)15/h3-4,6,8,10H,5,7H2,1-2H3,(H,17,18). The molecule has 0 saturated heterocycles. The maximum atomic E-state index is 12.1. The molecule has 2 nitrogen and oxygen atoms in total. The number of hydrogen-bond donors (Lipinski definition) is 1. The Morgan fingerprint density at radius 1 is 1.39 bits per heavy atom. The number of alkyl halides is 1. The predicted molar refractivity (Wildman–Crippen MR) is 83.3 cm³/mol. The van der Waals surface area contributed by atoms with Gasteiger partial charge in [0, 0.05) is 20.9 Å². The number of amides is 1. The van der Waals surface area contributed by atoms with Crippen LogP contribution in [0.15, 0.2) is 27.1 Å². The van der Waals surface area contributed by atoms with Gasteiger partial charge in [-0.3, -0.25) is 4.79 Å². The van der Waals surface area contributed by atoms with Crippen molar-refractivity contribution in [3.8, 4) is 0 Å². The number of carbonyl (C=O) groups excluding carboxylic acids is 1. The summed E-state index contributed by atoms with van der Waals surface area (Å²) in [5.74, 6) is 0.824. The van der Waals surface area contributed by atoms with Crippen molar-refractivity contribution in [2.75, 3.05) is 5.88 Å². The quantitative estimate of drug-likeness (QED) is 0.723. The van der Waals surface area contributed by atoms with Gasteiger partial charge in [0.15, 0.2) is 0 Å². The highest BCUT2D eigenvalue weighted by Crippen LogP contribution is 2.21. The largest absolute Gasteiger partial charge is 0.348 e. The Labute approximate surface area is 130 Å². The highest BCUT2D eigenvalue weighted by atomic mass is 79.9. The number of rotatable bonds is 5. The summed E-state index contributed by atoms with van der Waals surface area (Å²) in [4.78, 5) is 12.1. The Bertz CT molecular complexity index is 423. The van der Waals surface area contributed by atoms with E-state index in [1.54, 1.807) is 6.07 Å². The van der Waals surface area contributed by atoms with Crippen LogP contribution in [0.5, 0.6) is 0 Å². The van der Waals surface area contributed by atoms with Crippen LogP contribution in [0.25, 0.3) is 0 Å². The van der Waals surface area contributed by atoms with Crippen molar-refractivity contribution < 1.29 is 4.79 Å². The first-order valence-electron chi connectivity index (χ1n) is 5.76. The van der Waals surface area contributed by atoms with Gasteiger partial charge in [0.25, 0.3) is 5.91 Å². The molecule has 18 heavy (non-hydrogen) atoms. The van der Waals surface area contributed by atoms with Gasteiger partial charge in [-0.1, -0.05) is 29.8 Å². The summed E-state index contributed by atoms with van der Waals surface area (Å²) in [7, 11) is 0. The number of hydrogen-bond acceptors (Lipinski definition) is 1. The fourth-order valence-electron chi connectivity index (χ4n) is 1.66. The summed E-state index contributed by atoms with van der Waals surface area (Å²) in [5, 5.41) is 2.96. The van der Waals surface area contributed by atoms with Crippen LogP contribution < -0.4 is 5.32 Å². The summed E-state index contributed by atoms with van der Waals surface area (Å²) in [6, 6.07) is 5.52. The molecule has 0 aliphatic carbocycles. The van der Waals surface area contributed by atoms with Gasteiger partial charge >= 0.3 is 0 Å². The van der Waals surface area contributed by atoms with E-state index in [9.17, 15) is 4.79 Å². The zero-order chi connectivity index (χ0) is 13.7. The van der Waals surface area contributed by atoms with Crippen molar-refractivity contribution in [2.24, 2.45) is 5.92 Å². The number of benzene rings is 1. The van der Waals surface area contributed by atoms with E-state index in [0.29, 0.717) is 17.4 Å². The molecule has 0 aliphatic rings. The minimum Gasteiger partial charge on any atom is -0.348 e. The minimum atomic E-state index is -0.102. The van der Waals surface area contributed by atoms with Crippen LogP contribution in [0.2, 0.25) is 0 Å². The van der Waals surface area contributed by atoms with Crippen LogP contribution in [0.1, 0.15) is 30.6 Å². The third-order valence-electron chi connectivity index (χ3n) is 2.45. The molecule has 1 rings (SSSR count). The van der Waals surface area contributed by atoms with Crippen LogP contribution in [0.3, 0.4) is 0 Å². The minimum absolute atomic E-state index is 0.00467. The van der Waals surface area contributed by atoms with Crippen molar-refractivity contribution in [1.29, 1.82) is 0 Å². The monoisotopic (exact) mass is 395 g/mol. The maximum Gasteiger partial charge on any atom is 0.252 e. The Hall–Kier alpha value is -0.0600. The molecule has 5 heteroatoms. The highest BCUT2D eigenvalue weighted by Gasteiger charge is 2.16. The molecule has 1 aromatic carbocycles. The second-order valence-corrected chi connectivity index (χ2v) is 6.66. The van der Waals surface area contributed by atoms with Gasteiger partial charge in [0.1, 0.15) is 0 Å². The molecule has 0 saturated carbocycles. The molecule has 100 valence electrons. The first kappa shape index (κ1) is 16.0. The van der Waals surface area contributed by atoms with Gasteiger partial charge in [-0.25, -0.2) is 0 Å². The first-order valence-corrected chi connectivity index (χ1v) is 7.88. The molecule has 1 aromatic rings. The molecule has 1 N–H and O–H groups in total. The first-order chi connectivity index (χ1) is 8.43. The molecule has 0 fully saturated rings. The molecule has 1 unspecified atom stereocenters. The summed E-state index contributed by atoms with van der Waals surface area (Å²) >= 11 is 12.6. The molecular weight excluding hydrogens is 381 g/mol. The smallest absolute Gasteiger partial charge is 0.252 e. The molecule has 0 aromatic heterocycles. The number of nitrogens with one attached hydrogen (secondary N) is 1. The number of carbonyl (C=O) groups is 1. The van der Waals surface area contributed by atoms with E-state index in [1.807, 2.05) is 12.1 Å². The van der Waals surface area contributed by atoms with Crippen molar-refractivity contribution in [3.05, 3.63) is 32.7 Å². The maximum absolute atomic E-state index is 12.1. The third-order valence-corrected chi connectivity index (χ3v) is 4.01. The lowest BCUT2D eigenvalue weighted by Gasteiger charge is -2.18. The fraction of sp³-hybridized carbons (Fsp3) is 0.462. The average Bonchev–Trinajstić information content (AvgIpc) is 2.30. The SMILES string of the molecule is CC(C)CC(CCl)NC(=O)c1cc(Br)ccc1Br. The zero-order valence-electron chi connectivity index (χ0n) is 10.3. The molecule has 0 radical (unpaired) electrons. The van der Waals surface area contributed by atoms with Gasteiger partial charge in [0.05, 0.1) is 5.56 Å². The summed E-state index contributed by atoms with van der Waals surface area (Å²) in [5.41, 5.74) is 0.614. The van der Waals surface area contributed by atoms with E-state index in [1.165, 1.54) is 0 Å². The molecule has 1 atom stereocenters. The molecule has 0 bridgehead atoms. The van der Waals surface area contributed by atoms with E-state index in [4.69, 9.17) is 11.6 Å². The predicted octanol–water partition coefficient (Wildman–Crippen LogP) is 4.59. The van der Waals surface area contributed by atoms with Crippen LogP contribution in [-0.2, 0) is 0 Å². The van der Waals surface area contributed by atoms with Crippen LogP contribution in [0, 0.1) is 5.92 Å². The van der Waals surface area contributed by atoms with E-state index >= 15 is 0 Å². The van der Waals surface area contributed by atoms with Crippen molar-refractivity contribution >= 4 is 49.4 Å². The normalized spacial score (nSPS) is 12.6. The topological polar surface area (TPSA) is 29.1 Å². The van der Waals surface area contributed by atoms with E-state index < -0.39 is 0 Å². The van der Waals surface area contributed by atoms with Gasteiger partial charge < -0.3 is 5.32 Å². The van der Waals surface area contributed by atoms with Crippen LogP contribution in [0.4, 0.5) is 0 Å². The van der Waals surface area contributed by atoms with Gasteiger partial charge in [-0.05, 0) is 46.5 Å². The second-order valence-electron chi connectivity index (χ2n) is 4.58. The van der Waals surface area contributed by atoms with E-state index in [0.717, 1.165) is 15.4 Å². The van der Waals surface area contributed by atoms with Crippen LogP contribution in [-0.4, -0.2) is 17.8 Å². The molecule has 1 amide bonds. The summed E-state index contributed by atoms with van der Waals surface area (Å²) in [6.45, 7) is 4.22. The van der Waals surface area contributed by atoms with Crippen molar-refractivity contribution in [2.45, 2.75) is 26.3 Å². The van der Waals surface area contributed by atoms with E-state index in [2.05, 4.69) is 51.0 Å². The molecule has 0 heterocycles. The van der Waals surface area contributed by atoms with Gasteiger partial charge in [-0.15, -0.1) is 11.6 Å². The Morgan fingerprint density at radius 3 is 2.61 bits per heavy atom. The summed E-state index contributed by atoms with van der Waals surface area (Å²) < 4.78 is 1.66. The van der Waals surface area contributed by atoms with Gasteiger partial charge in [-0.2, -0.15) is 0 Å². The lowest BCUT2D eigenvalue weighted by molar-refractivity contribution is 0.0936. The molecule has 0 aliphatic heterocycles. The Morgan fingerprint density at radius 2 is 2.06 bits per heavy atom. The lowest BCUT2D eigenvalue weighted by atomic mass is 10.0. The second kappa shape index (κ2) is 7.51. The zero-order valence-corrected chi connectivity index (χ0v) is 14.3. The third kappa shape index (κ3) is 4.90. The Balaban J connectivity index is 2.77. The summed E-state index contributed by atoms with van der Waals surface area (Å²) in [6.07, 6.45) is 0.876. The molecular formula is C13H16Br2ClNO. The molecule has 0 spiro atoms. The lowest BCUT2D eigenvalue weighted by Crippen LogP contribution is -2.37. The van der Waals surface area contributed by atoms with E-state index in [-0.39, 0.29) is 11.9 Å². The Kier molecular flexibility index (Phi) is 6.67. The average molecular weight is 398 g/mol.